The number of hydrogen-bond acceptors (Lipinski definition) is 4. The molecule has 0 aliphatic heterocycles. The van der Waals surface area contributed by atoms with Crippen molar-refractivity contribution in [3.8, 4) is 0 Å². The second-order valence-corrected chi connectivity index (χ2v) is 6.74. The summed E-state index contributed by atoms with van der Waals surface area (Å²) in [7, 11) is 0. The van der Waals surface area contributed by atoms with Crippen LogP contribution in [-0.4, -0.2) is 25.2 Å². The summed E-state index contributed by atoms with van der Waals surface area (Å²) in [6.45, 7) is 7.01. The number of hydrogen-bond donors (Lipinski definition) is 0. The van der Waals surface area contributed by atoms with E-state index in [1.165, 1.54) is 0 Å². The van der Waals surface area contributed by atoms with Crippen LogP contribution in [0.4, 0.5) is 0 Å². The zero-order valence-electron chi connectivity index (χ0n) is 14.8. The molecule has 24 heavy (non-hydrogen) atoms. The third kappa shape index (κ3) is 7.04. The van der Waals surface area contributed by atoms with E-state index < -0.39 is 11.9 Å². The minimum absolute atomic E-state index is 0.269. The summed E-state index contributed by atoms with van der Waals surface area (Å²) in [6.07, 6.45) is 3.57. The molecule has 4 nitrogen and oxygen atoms in total. The van der Waals surface area contributed by atoms with Crippen molar-refractivity contribution in [2.75, 3.05) is 13.2 Å². The molecule has 1 aromatic carbocycles. The van der Waals surface area contributed by atoms with Gasteiger partial charge in [0.05, 0.1) is 24.3 Å². The Labute approximate surface area is 153 Å². The lowest BCUT2D eigenvalue weighted by Crippen LogP contribution is -2.15. The van der Waals surface area contributed by atoms with Gasteiger partial charge < -0.3 is 9.47 Å². The molecule has 0 spiro atoms. The zero-order valence-corrected chi connectivity index (χ0v) is 16.4. The van der Waals surface area contributed by atoms with Crippen LogP contribution in [0.15, 0.2) is 18.2 Å². The lowest BCUT2D eigenvalue weighted by Gasteiger charge is -2.11. The van der Waals surface area contributed by atoms with Gasteiger partial charge in [-0.25, -0.2) is 9.59 Å². The predicted octanol–water partition coefficient (Wildman–Crippen LogP) is 5.13. The van der Waals surface area contributed by atoms with E-state index in [0.29, 0.717) is 24.5 Å². The first-order valence-electron chi connectivity index (χ1n) is 8.52. The van der Waals surface area contributed by atoms with Crippen molar-refractivity contribution < 1.29 is 19.1 Å². The topological polar surface area (TPSA) is 52.6 Å². The van der Waals surface area contributed by atoms with Gasteiger partial charge in [0.2, 0.25) is 0 Å². The molecule has 0 heterocycles. The van der Waals surface area contributed by atoms with Crippen molar-refractivity contribution in [1.29, 1.82) is 0 Å². The van der Waals surface area contributed by atoms with E-state index in [1.807, 2.05) is 13.0 Å². The summed E-state index contributed by atoms with van der Waals surface area (Å²) < 4.78 is 10.6. The van der Waals surface area contributed by atoms with Crippen molar-refractivity contribution in [2.45, 2.75) is 51.8 Å². The average Bonchev–Trinajstić information content (AvgIpc) is 2.57. The Hall–Kier alpha value is -1.36. The van der Waals surface area contributed by atoms with Crippen LogP contribution in [-0.2, 0) is 14.8 Å². The summed E-state index contributed by atoms with van der Waals surface area (Å²) in [5.41, 5.74) is 1.46. The summed E-state index contributed by atoms with van der Waals surface area (Å²) in [5.74, 6) is -0.367. The van der Waals surface area contributed by atoms with Crippen LogP contribution in [0.25, 0.3) is 0 Å². The molecule has 5 heteroatoms. The monoisotopic (exact) mass is 398 g/mol. The maximum absolute atomic E-state index is 12.3. The molecule has 0 aliphatic rings. The molecule has 134 valence electrons. The Balaban J connectivity index is 2.80. The standard InChI is InChI=1S/C19H27BrO4/c1-4-5-10-23-19(22)17-12-15(13-20)8-9-16(17)18(21)24-11-6-7-14(2)3/h8-9,12,14H,4-7,10-11,13H2,1-3H3. The summed E-state index contributed by atoms with van der Waals surface area (Å²) in [5, 5.41) is 0.603. The Morgan fingerprint density at radius 3 is 2.25 bits per heavy atom. The summed E-state index contributed by atoms with van der Waals surface area (Å²) >= 11 is 3.36. The van der Waals surface area contributed by atoms with Crippen molar-refractivity contribution >= 4 is 27.9 Å². The Morgan fingerprint density at radius 2 is 1.67 bits per heavy atom. The second-order valence-electron chi connectivity index (χ2n) is 6.18. The molecule has 0 saturated carbocycles. The fraction of sp³-hybridized carbons (Fsp3) is 0.579. The first kappa shape index (κ1) is 20.7. The largest absolute Gasteiger partial charge is 0.462 e. The van der Waals surface area contributed by atoms with Gasteiger partial charge in [-0.15, -0.1) is 0 Å². The van der Waals surface area contributed by atoms with Crippen LogP contribution in [0, 0.1) is 5.92 Å². The first-order chi connectivity index (χ1) is 11.5. The van der Waals surface area contributed by atoms with E-state index in [2.05, 4.69) is 29.8 Å². The van der Waals surface area contributed by atoms with E-state index in [9.17, 15) is 9.59 Å². The smallest absolute Gasteiger partial charge is 0.339 e. The highest BCUT2D eigenvalue weighted by atomic mass is 79.9. The van der Waals surface area contributed by atoms with Gasteiger partial charge in [0.15, 0.2) is 0 Å². The molecule has 0 amide bonds. The molecule has 0 atom stereocenters. The predicted molar refractivity (Wildman–Crippen MR) is 98.6 cm³/mol. The molecule has 0 N–H and O–H groups in total. The van der Waals surface area contributed by atoms with Crippen molar-refractivity contribution in [1.82, 2.24) is 0 Å². The summed E-state index contributed by atoms with van der Waals surface area (Å²) in [6, 6.07) is 5.13. The first-order valence-corrected chi connectivity index (χ1v) is 9.64. The van der Waals surface area contributed by atoms with E-state index in [4.69, 9.17) is 9.47 Å². The summed E-state index contributed by atoms with van der Waals surface area (Å²) in [4.78, 5) is 24.6. The van der Waals surface area contributed by atoms with Gasteiger partial charge in [-0.3, -0.25) is 0 Å². The Bertz CT molecular complexity index is 540. The number of carbonyl (C=O) groups is 2. The number of ether oxygens (including phenoxy) is 2. The lowest BCUT2D eigenvalue weighted by molar-refractivity contribution is 0.0450. The van der Waals surface area contributed by atoms with Gasteiger partial charge in [0, 0.05) is 5.33 Å². The quantitative estimate of drug-likeness (QED) is 0.311. The number of unbranched alkanes of at least 4 members (excludes halogenated alkanes) is 1. The SMILES string of the molecule is CCCCOC(=O)c1cc(CBr)ccc1C(=O)OCCCC(C)C. The van der Waals surface area contributed by atoms with Gasteiger partial charge in [-0.2, -0.15) is 0 Å². The van der Waals surface area contributed by atoms with Crippen LogP contribution in [0.3, 0.4) is 0 Å². The molecule has 0 bridgehead atoms. The van der Waals surface area contributed by atoms with E-state index in [0.717, 1.165) is 31.2 Å². The molecule has 1 aromatic rings. The molecule has 0 saturated heterocycles. The highest BCUT2D eigenvalue weighted by Crippen LogP contribution is 2.17. The van der Waals surface area contributed by atoms with E-state index >= 15 is 0 Å². The Morgan fingerprint density at radius 1 is 1.04 bits per heavy atom. The number of benzene rings is 1. The van der Waals surface area contributed by atoms with Crippen molar-refractivity contribution in [3.63, 3.8) is 0 Å². The molecule has 0 radical (unpaired) electrons. The molecule has 0 unspecified atom stereocenters. The minimum atomic E-state index is -0.472. The third-order valence-electron chi connectivity index (χ3n) is 3.57. The van der Waals surface area contributed by atoms with Crippen molar-refractivity contribution in [3.05, 3.63) is 34.9 Å². The second kappa shape index (κ2) is 11.2. The fourth-order valence-corrected chi connectivity index (χ4v) is 2.49. The number of carbonyl (C=O) groups excluding carboxylic acids is 2. The van der Waals surface area contributed by atoms with Gasteiger partial charge in [0.1, 0.15) is 0 Å². The molecule has 0 aromatic heterocycles. The van der Waals surface area contributed by atoms with E-state index in [1.54, 1.807) is 12.1 Å². The highest BCUT2D eigenvalue weighted by Gasteiger charge is 2.20. The van der Waals surface area contributed by atoms with Crippen LogP contribution in [0.5, 0.6) is 0 Å². The number of esters is 2. The van der Waals surface area contributed by atoms with Gasteiger partial charge in [-0.05, 0) is 42.9 Å². The van der Waals surface area contributed by atoms with Gasteiger partial charge in [0.25, 0.3) is 0 Å². The maximum Gasteiger partial charge on any atom is 0.339 e. The maximum atomic E-state index is 12.3. The molecule has 1 rings (SSSR count). The molecular weight excluding hydrogens is 372 g/mol. The van der Waals surface area contributed by atoms with Crippen LogP contribution in [0.2, 0.25) is 0 Å². The number of halogens is 1. The number of alkyl halides is 1. The number of rotatable bonds is 10. The molecule has 0 aliphatic carbocycles. The van der Waals surface area contributed by atoms with Crippen molar-refractivity contribution in [2.24, 2.45) is 5.92 Å². The van der Waals surface area contributed by atoms with Crippen LogP contribution < -0.4 is 0 Å². The third-order valence-corrected chi connectivity index (χ3v) is 4.22. The van der Waals surface area contributed by atoms with Gasteiger partial charge >= 0.3 is 11.9 Å². The van der Waals surface area contributed by atoms with Crippen LogP contribution >= 0.6 is 15.9 Å². The zero-order chi connectivity index (χ0) is 17.9. The molecular formula is C19H27BrO4. The minimum Gasteiger partial charge on any atom is -0.462 e. The Kier molecular flexibility index (Phi) is 9.69. The fourth-order valence-electron chi connectivity index (χ4n) is 2.14. The highest BCUT2D eigenvalue weighted by molar-refractivity contribution is 9.08. The average molecular weight is 399 g/mol. The van der Waals surface area contributed by atoms with Gasteiger partial charge in [-0.1, -0.05) is 49.2 Å². The lowest BCUT2D eigenvalue weighted by atomic mass is 10.0. The van der Waals surface area contributed by atoms with E-state index in [-0.39, 0.29) is 11.1 Å². The van der Waals surface area contributed by atoms with Crippen LogP contribution in [0.1, 0.15) is 72.7 Å². The normalized spacial score (nSPS) is 10.7. The molecule has 0 fully saturated rings.